The number of halogens is 1. The standard InChI is InChI=1S/C21H24ClN3OS/c1-14-11-16(12-15(2)20(14)26-3)7-6-10-19-24-25-21(27-19)23-13-17-8-4-5-9-18(17)22/h4-5,8-9,11-12H,6-7,10,13H2,1-3H3,(H,23,25). The molecular weight excluding hydrogens is 378 g/mol. The van der Waals surface area contributed by atoms with E-state index in [2.05, 4.69) is 41.5 Å². The Morgan fingerprint density at radius 1 is 1.07 bits per heavy atom. The summed E-state index contributed by atoms with van der Waals surface area (Å²) in [5.74, 6) is 0.983. The number of ether oxygens (including phenoxy) is 1. The zero-order valence-electron chi connectivity index (χ0n) is 15.9. The fraction of sp³-hybridized carbons (Fsp3) is 0.333. The van der Waals surface area contributed by atoms with Crippen LogP contribution in [0.15, 0.2) is 36.4 Å². The highest BCUT2D eigenvalue weighted by molar-refractivity contribution is 7.15. The Morgan fingerprint density at radius 3 is 2.52 bits per heavy atom. The van der Waals surface area contributed by atoms with Gasteiger partial charge >= 0.3 is 0 Å². The van der Waals surface area contributed by atoms with E-state index in [9.17, 15) is 0 Å². The zero-order valence-corrected chi connectivity index (χ0v) is 17.5. The summed E-state index contributed by atoms with van der Waals surface area (Å²) in [6.45, 7) is 4.84. The molecule has 0 bridgehead atoms. The molecule has 0 atom stereocenters. The monoisotopic (exact) mass is 401 g/mol. The van der Waals surface area contributed by atoms with E-state index in [4.69, 9.17) is 16.3 Å². The summed E-state index contributed by atoms with van der Waals surface area (Å²) < 4.78 is 5.44. The molecule has 0 unspecified atom stereocenters. The normalized spacial score (nSPS) is 10.8. The van der Waals surface area contributed by atoms with E-state index in [0.717, 1.165) is 45.7 Å². The third-order valence-corrected chi connectivity index (χ3v) is 5.74. The highest BCUT2D eigenvalue weighted by atomic mass is 35.5. The largest absolute Gasteiger partial charge is 0.496 e. The van der Waals surface area contributed by atoms with Crippen molar-refractivity contribution in [2.24, 2.45) is 0 Å². The molecule has 2 aromatic carbocycles. The maximum Gasteiger partial charge on any atom is 0.205 e. The average Bonchev–Trinajstić information content (AvgIpc) is 3.09. The number of aromatic nitrogens is 2. The van der Waals surface area contributed by atoms with Crippen molar-refractivity contribution in [3.05, 3.63) is 68.7 Å². The highest BCUT2D eigenvalue weighted by Gasteiger charge is 2.08. The Kier molecular flexibility index (Phi) is 6.69. The first kappa shape index (κ1) is 19.6. The summed E-state index contributed by atoms with van der Waals surface area (Å²) in [5.41, 5.74) is 4.78. The number of rotatable bonds is 8. The van der Waals surface area contributed by atoms with Gasteiger partial charge in [-0.2, -0.15) is 0 Å². The summed E-state index contributed by atoms with van der Waals surface area (Å²) in [4.78, 5) is 0. The second-order valence-corrected chi connectivity index (χ2v) is 8.03. The molecule has 0 saturated heterocycles. The summed E-state index contributed by atoms with van der Waals surface area (Å²) >= 11 is 7.79. The zero-order chi connectivity index (χ0) is 19.2. The van der Waals surface area contributed by atoms with Crippen LogP contribution in [0.5, 0.6) is 5.75 Å². The van der Waals surface area contributed by atoms with Crippen molar-refractivity contribution >= 4 is 28.1 Å². The molecule has 27 heavy (non-hydrogen) atoms. The van der Waals surface area contributed by atoms with Gasteiger partial charge in [0.15, 0.2) is 0 Å². The first-order valence-corrected chi connectivity index (χ1v) is 10.2. The van der Waals surface area contributed by atoms with Gasteiger partial charge in [0.1, 0.15) is 10.8 Å². The van der Waals surface area contributed by atoms with Gasteiger partial charge in [0.05, 0.1) is 7.11 Å². The lowest BCUT2D eigenvalue weighted by molar-refractivity contribution is 0.408. The van der Waals surface area contributed by atoms with Gasteiger partial charge in [0, 0.05) is 18.0 Å². The van der Waals surface area contributed by atoms with Gasteiger partial charge in [0.2, 0.25) is 5.13 Å². The molecule has 0 aliphatic carbocycles. The van der Waals surface area contributed by atoms with Crippen molar-refractivity contribution in [3.8, 4) is 5.75 Å². The first-order chi connectivity index (χ1) is 13.1. The predicted octanol–water partition coefficient (Wildman–Crippen LogP) is 5.60. The van der Waals surface area contributed by atoms with Crippen molar-refractivity contribution in [1.82, 2.24) is 10.2 Å². The minimum atomic E-state index is 0.651. The molecule has 142 valence electrons. The smallest absolute Gasteiger partial charge is 0.205 e. The van der Waals surface area contributed by atoms with Gasteiger partial charge < -0.3 is 10.1 Å². The van der Waals surface area contributed by atoms with Crippen molar-refractivity contribution < 1.29 is 4.74 Å². The minimum Gasteiger partial charge on any atom is -0.496 e. The van der Waals surface area contributed by atoms with Crippen LogP contribution in [0.3, 0.4) is 0 Å². The van der Waals surface area contributed by atoms with Crippen LogP contribution >= 0.6 is 22.9 Å². The lowest BCUT2D eigenvalue weighted by atomic mass is 10.0. The Morgan fingerprint density at radius 2 is 1.81 bits per heavy atom. The fourth-order valence-electron chi connectivity index (χ4n) is 3.19. The van der Waals surface area contributed by atoms with E-state index in [1.54, 1.807) is 18.4 Å². The number of anilines is 1. The van der Waals surface area contributed by atoms with Crippen LogP contribution in [0.25, 0.3) is 0 Å². The minimum absolute atomic E-state index is 0.651. The Bertz CT molecular complexity index is 887. The van der Waals surface area contributed by atoms with Crippen LogP contribution in [0, 0.1) is 13.8 Å². The SMILES string of the molecule is COc1c(C)cc(CCCc2nnc(NCc3ccccc3Cl)s2)cc1C. The molecule has 0 spiro atoms. The lowest BCUT2D eigenvalue weighted by Crippen LogP contribution is -1.99. The molecule has 1 heterocycles. The lowest BCUT2D eigenvalue weighted by Gasteiger charge is -2.11. The number of methoxy groups -OCH3 is 1. The quantitative estimate of drug-likeness (QED) is 0.533. The van der Waals surface area contributed by atoms with Gasteiger partial charge in [0.25, 0.3) is 0 Å². The van der Waals surface area contributed by atoms with Gasteiger partial charge in [-0.05, 0) is 55.0 Å². The molecule has 3 rings (SSSR count). The molecular formula is C21H24ClN3OS. The summed E-state index contributed by atoms with van der Waals surface area (Å²) in [7, 11) is 1.72. The Balaban J connectivity index is 1.50. The van der Waals surface area contributed by atoms with Gasteiger partial charge in [-0.25, -0.2) is 0 Å². The second kappa shape index (κ2) is 9.20. The summed E-state index contributed by atoms with van der Waals surface area (Å²) in [5, 5.41) is 14.5. The highest BCUT2D eigenvalue weighted by Crippen LogP contribution is 2.25. The molecule has 0 aliphatic rings. The number of hydrogen-bond donors (Lipinski definition) is 1. The Labute approximate surface area is 169 Å². The maximum atomic E-state index is 6.18. The molecule has 1 aromatic heterocycles. The topological polar surface area (TPSA) is 47.0 Å². The molecule has 6 heteroatoms. The predicted molar refractivity (Wildman–Crippen MR) is 113 cm³/mol. The number of hydrogen-bond acceptors (Lipinski definition) is 5. The van der Waals surface area contributed by atoms with E-state index in [-0.39, 0.29) is 0 Å². The van der Waals surface area contributed by atoms with Gasteiger partial charge in [-0.3, -0.25) is 0 Å². The third kappa shape index (κ3) is 5.21. The molecule has 0 amide bonds. The van der Waals surface area contributed by atoms with Crippen molar-refractivity contribution in [2.75, 3.05) is 12.4 Å². The van der Waals surface area contributed by atoms with Crippen molar-refractivity contribution in [1.29, 1.82) is 0 Å². The molecule has 0 radical (unpaired) electrons. The maximum absolute atomic E-state index is 6.18. The number of aryl methyl sites for hydroxylation is 4. The van der Waals surface area contributed by atoms with Crippen LogP contribution in [0.1, 0.15) is 33.7 Å². The van der Waals surface area contributed by atoms with Gasteiger partial charge in [-0.1, -0.05) is 53.3 Å². The molecule has 1 N–H and O–H groups in total. The third-order valence-electron chi connectivity index (χ3n) is 4.44. The summed E-state index contributed by atoms with van der Waals surface area (Å²) in [6, 6.07) is 12.2. The van der Waals surface area contributed by atoms with E-state index < -0.39 is 0 Å². The van der Waals surface area contributed by atoms with Crippen LogP contribution in [-0.2, 0) is 19.4 Å². The van der Waals surface area contributed by atoms with Crippen molar-refractivity contribution in [2.45, 2.75) is 39.7 Å². The molecule has 0 saturated carbocycles. The van der Waals surface area contributed by atoms with Gasteiger partial charge in [-0.15, -0.1) is 10.2 Å². The Hall–Kier alpha value is -2.11. The van der Waals surface area contributed by atoms with E-state index >= 15 is 0 Å². The van der Waals surface area contributed by atoms with E-state index in [1.807, 2.05) is 24.3 Å². The van der Waals surface area contributed by atoms with E-state index in [1.165, 1.54) is 16.7 Å². The number of nitrogens with one attached hydrogen (secondary N) is 1. The van der Waals surface area contributed by atoms with Crippen LogP contribution in [0.2, 0.25) is 5.02 Å². The number of benzene rings is 2. The molecule has 0 aliphatic heterocycles. The molecule has 3 aromatic rings. The first-order valence-electron chi connectivity index (χ1n) is 9.00. The second-order valence-electron chi connectivity index (χ2n) is 6.56. The molecule has 4 nitrogen and oxygen atoms in total. The number of nitrogens with zero attached hydrogens (tertiary/aromatic N) is 2. The van der Waals surface area contributed by atoms with Crippen LogP contribution in [0.4, 0.5) is 5.13 Å². The molecule has 0 fully saturated rings. The average molecular weight is 402 g/mol. The summed E-state index contributed by atoms with van der Waals surface area (Å²) in [6.07, 6.45) is 2.99. The van der Waals surface area contributed by atoms with Crippen LogP contribution in [-0.4, -0.2) is 17.3 Å². The van der Waals surface area contributed by atoms with Crippen LogP contribution < -0.4 is 10.1 Å². The van der Waals surface area contributed by atoms with Crippen molar-refractivity contribution in [3.63, 3.8) is 0 Å². The van der Waals surface area contributed by atoms with E-state index in [0.29, 0.717) is 6.54 Å². The fourth-order valence-corrected chi connectivity index (χ4v) is 4.17.